The number of aliphatic hydroxyl groups excluding tert-OH is 2. The van der Waals surface area contributed by atoms with Crippen molar-refractivity contribution < 1.29 is 56.5 Å². The fraction of sp³-hybridized carbons (Fsp3) is 0.722. The Morgan fingerprint density at radius 3 is 2.37 bits per heavy atom. The van der Waals surface area contributed by atoms with Crippen LogP contribution in [0.1, 0.15) is 44.8 Å². The van der Waals surface area contributed by atoms with Gasteiger partial charge >= 0.3 is 23.4 Å². The summed E-state index contributed by atoms with van der Waals surface area (Å²) in [5.41, 5.74) is 10.0. The van der Waals surface area contributed by atoms with Crippen molar-refractivity contribution in [2.75, 3.05) is 25.4 Å². The highest BCUT2D eigenvalue weighted by molar-refractivity contribution is 7.67. The monoisotopic (exact) mass is 649 g/mol. The van der Waals surface area contributed by atoms with Crippen molar-refractivity contribution >= 4 is 40.5 Å². The zero-order valence-corrected chi connectivity index (χ0v) is 24.3. The minimum absolute atomic E-state index is 0.0545. The Morgan fingerprint density at radius 2 is 1.68 bits per heavy atom. The molecule has 11 N–H and O–H groups in total. The molecule has 0 aliphatic carbocycles. The Kier molecular flexibility index (Phi) is 11.8. The molecule has 0 radical (unpaired) electrons. The zero-order valence-electron chi connectivity index (χ0n) is 21.6. The molecule has 2 aromatic heterocycles. The predicted molar refractivity (Wildman–Crippen MR) is 141 cm³/mol. The number of phosphoric acid groups is 2. The number of unbranched alkanes of at least 4 members (excludes halogenated alkanes) is 5. The van der Waals surface area contributed by atoms with E-state index in [1.807, 2.05) is 5.09 Å². The number of ether oxygens (including phenoxy) is 1. The second-order valence-corrected chi connectivity index (χ2v) is 13.9. The number of H-pyrrole nitrogens is 1. The van der Waals surface area contributed by atoms with Gasteiger partial charge in [0.15, 0.2) is 17.4 Å². The molecule has 1 saturated heterocycles. The first-order chi connectivity index (χ1) is 19.1. The highest BCUT2D eigenvalue weighted by atomic mass is 31.3. The number of fused-ring (bicyclic) bond motifs is 1. The molecular formula is C18H34N7O13P3. The number of rotatable bonds is 17. The fourth-order valence-corrected chi connectivity index (χ4v) is 7.67. The third-order valence-corrected chi connectivity index (χ3v) is 10.3. The molecule has 23 heteroatoms. The molecule has 1 fully saturated rings. The molecule has 1 aliphatic rings. The second kappa shape index (κ2) is 14.2. The van der Waals surface area contributed by atoms with Gasteiger partial charge in [0.25, 0.3) is 5.56 Å². The van der Waals surface area contributed by atoms with Gasteiger partial charge in [0.05, 0.1) is 12.9 Å². The van der Waals surface area contributed by atoms with E-state index in [-0.39, 0.29) is 23.7 Å². The SMILES string of the molecule is NCCCCCCCCNP(=O)(O)OP(=O)(O)OP(=O)(O)OC[C@H]1O[C@@H](n2cnc3c(=O)[nH]c(N)nc32)C(O)[C@H]1O. The van der Waals surface area contributed by atoms with Crippen molar-refractivity contribution in [1.82, 2.24) is 24.6 Å². The lowest BCUT2D eigenvalue weighted by molar-refractivity contribution is -0.0503. The topological polar surface area (TPSA) is 317 Å². The smallest absolute Gasteiger partial charge is 0.387 e. The third kappa shape index (κ3) is 9.71. The van der Waals surface area contributed by atoms with Crippen LogP contribution in [-0.2, 0) is 31.6 Å². The van der Waals surface area contributed by atoms with Gasteiger partial charge in [0, 0.05) is 6.54 Å². The van der Waals surface area contributed by atoms with Crippen molar-refractivity contribution in [3.63, 3.8) is 0 Å². The van der Waals surface area contributed by atoms with E-state index in [2.05, 4.69) is 28.1 Å². The molecule has 7 atom stereocenters. The maximum Gasteiger partial charge on any atom is 0.489 e. The lowest BCUT2D eigenvalue weighted by atomic mass is 10.1. The van der Waals surface area contributed by atoms with Crippen LogP contribution in [0.2, 0.25) is 0 Å². The van der Waals surface area contributed by atoms with Crippen LogP contribution in [-0.4, -0.2) is 82.4 Å². The lowest BCUT2D eigenvalue weighted by Crippen LogP contribution is -2.33. The summed E-state index contributed by atoms with van der Waals surface area (Å²) < 4.78 is 55.8. The number of hydrogen-bond acceptors (Lipinski definition) is 14. The molecule has 3 rings (SSSR count). The van der Waals surface area contributed by atoms with Crippen LogP contribution in [0, 0.1) is 0 Å². The Labute approximate surface area is 232 Å². The lowest BCUT2D eigenvalue weighted by Gasteiger charge is -2.20. The van der Waals surface area contributed by atoms with E-state index >= 15 is 0 Å². The first-order valence-electron chi connectivity index (χ1n) is 12.4. The quantitative estimate of drug-likeness (QED) is 0.0774. The van der Waals surface area contributed by atoms with E-state index in [4.69, 9.17) is 16.2 Å². The standard InChI is InChI=1S/C18H34N7O13P3/c19-7-5-3-1-2-4-6-8-22-39(29,30)37-41(33,34)38-40(31,32)35-9-11-13(26)14(27)17(36-11)25-10-21-12-15(25)23-18(20)24-16(12)28/h10-11,13-14,17,26-27H,1-9,19H2,(H,31,32)(H,33,34)(H2,22,29,30)(H3,20,23,24,28)/t11-,13+,14?,17-/m1/s1. The average Bonchev–Trinajstić information content (AvgIpc) is 3.39. The van der Waals surface area contributed by atoms with Gasteiger partial charge in [-0.05, 0) is 19.4 Å². The highest BCUT2D eigenvalue weighted by Gasteiger charge is 2.47. The van der Waals surface area contributed by atoms with Crippen molar-refractivity contribution in [3.05, 3.63) is 16.7 Å². The maximum atomic E-state index is 12.2. The average molecular weight is 649 g/mol. The van der Waals surface area contributed by atoms with E-state index in [1.165, 1.54) is 0 Å². The molecule has 0 bridgehead atoms. The molecule has 0 saturated carbocycles. The summed E-state index contributed by atoms with van der Waals surface area (Å²) in [4.78, 5) is 51.4. The van der Waals surface area contributed by atoms with E-state index in [9.17, 15) is 43.4 Å². The minimum atomic E-state index is -5.63. The number of imidazole rings is 1. The number of anilines is 1. The van der Waals surface area contributed by atoms with Crippen molar-refractivity contribution in [3.8, 4) is 0 Å². The Morgan fingerprint density at radius 1 is 1.02 bits per heavy atom. The summed E-state index contributed by atoms with van der Waals surface area (Å²) in [5, 5.41) is 22.8. The number of hydrogen-bond donors (Lipinski definition) is 9. The summed E-state index contributed by atoms with van der Waals surface area (Å²) in [6.45, 7) is -0.420. The summed E-state index contributed by atoms with van der Waals surface area (Å²) in [6, 6.07) is 0. The normalized spacial score (nSPS) is 25.6. The Balaban J connectivity index is 1.51. The van der Waals surface area contributed by atoms with E-state index in [0.29, 0.717) is 19.4 Å². The van der Waals surface area contributed by atoms with Crippen LogP contribution in [0.3, 0.4) is 0 Å². The summed E-state index contributed by atoms with van der Waals surface area (Å²) >= 11 is 0. The number of nitrogens with two attached hydrogens (primary N) is 2. The van der Waals surface area contributed by atoms with Gasteiger partial charge in [-0.15, -0.1) is 0 Å². The van der Waals surface area contributed by atoms with Crippen molar-refractivity contribution in [2.24, 2.45) is 5.73 Å². The molecule has 1 aliphatic heterocycles. The number of nitrogens with zero attached hydrogens (tertiary/aromatic N) is 3. The Bertz CT molecular complexity index is 1370. The first kappa shape index (κ1) is 33.9. The summed E-state index contributed by atoms with van der Waals surface area (Å²) in [7, 11) is -16.0. The number of aliphatic hydroxyl groups is 2. The second-order valence-electron chi connectivity index (χ2n) is 9.06. The van der Waals surface area contributed by atoms with Crippen LogP contribution < -0.4 is 22.1 Å². The van der Waals surface area contributed by atoms with E-state index in [0.717, 1.165) is 36.6 Å². The maximum absolute atomic E-state index is 12.2. The number of nitrogen functional groups attached to an aromatic ring is 1. The van der Waals surface area contributed by atoms with Gasteiger partial charge in [-0.2, -0.15) is 13.6 Å². The molecule has 41 heavy (non-hydrogen) atoms. The largest absolute Gasteiger partial charge is 0.489 e. The van der Waals surface area contributed by atoms with Crippen LogP contribution in [0.15, 0.2) is 11.1 Å². The van der Waals surface area contributed by atoms with Crippen LogP contribution >= 0.6 is 23.4 Å². The van der Waals surface area contributed by atoms with E-state index < -0.39 is 60.1 Å². The third-order valence-electron chi connectivity index (χ3n) is 5.83. The van der Waals surface area contributed by atoms with Gasteiger partial charge in [-0.3, -0.25) is 18.9 Å². The van der Waals surface area contributed by atoms with Gasteiger partial charge < -0.3 is 41.1 Å². The molecule has 0 aromatic carbocycles. The van der Waals surface area contributed by atoms with Crippen molar-refractivity contribution in [2.45, 2.75) is 63.1 Å². The van der Waals surface area contributed by atoms with Gasteiger partial charge in [-0.1, -0.05) is 25.7 Å². The van der Waals surface area contributed by atoms with Gasteiger partial charge in [0.2, 0.25) is 5.95 Å². The Hall–Kier alpha value is -1.60. The molecular weight excluding hydrogens is 615 g/mol. The molecule has 4 unspecified atom stereocenters. The molecule has 234 valence electrons. The molecule has 0 spiro atoms. The number of nitrogens with one attached hydrogen (secondary N) is 2. The molecule has 0 amide bonds. The summed E-state index contributed by atoms with van der Waals surface area (Å²) in [6.07, 6.45) is -0.420. The minimum Gasteiger partial charge on any atom is -0.387 e. The van der Waals surface area contributed by atoms with E-state index in [1.54, 1.807) is 0 Å². The van der Waals surface area contributed by atoms with Crippen LogP contribution in [0.5, 0.6) is 0 Å². The highest BCUT2D eigenvalue weighted by Crippen LogP contribution is 2.66. The van der Waals surface area contributed by atoms with Gasteiger partial charge in [0.1, 0.15) is 18.3 Å². The molecule has 2 aromatic rings. The van der Waals surface area contributed by atoms with Crippen molar-refractivity contribution in [1.29, 1.82) is 0 Å². The first-order valence-corrected chi connectivity index (χ1v) is 17.0. The fourth-order valence-electron chi connectivity index (χ4n) is 3.93. The number of aromatic amines is 1. The molecule has 20 nitrogen and oxygen atoms in total. The zero-order chi connectivity index (χ0) is 30.4. The van der Waals surface area contributed by atoms with Crippen LogP contribution in [0.4, 0.5) is 5.95 Å². The summed E-state index contributed by atoms with van der Waals surface area (Å²) in [5.74, 6) is -0.261. The number of phosphoric ester groups is 1. The number of aromatic nitrogens is 4. The predicted octanol–water partition coefficient (Wildman–Crippen LogP) is -0.439. The van der Waals surface area contributed by atoms with Crippen LogP contribution in [0.25, 0.3) is 11.2 Å². The van der Waals surface area contributed by atoms with Gasteiger partial charge in [-0.25, -0.2) is 23.8 Å². The molecule has 3 heterocycles.